The predicted molar refractivity (Wildman–Crippen MR) is 125 cm³/mol. The Bertz CT molecular complexity index is 1330. The Morgan fingerprint density at radius 3 is 2.59 bits per heavy atom. The molecule has 3 aromatic rings. The lowest BCUT2D eigenvalue weighted by atomic mass is 9.96. The summed E-state index contributed by atoms with van der Waals surface area (Å²) in [6.07, 6.45) is 10.6. The lowest BCUT2D eigenvalue weighted by molar-refractivity contribution is 0.0994. The number of allylic oxidation sites excluding steroid dienone is 3. The van der Waals surface area contributed by atoms with Crippen molar-refractivity contribution in [2.45, 2.75) is 12.8 Å². The largest absolute Gasteiger partial charge is 0.508 e. The molecule has 2 aromatic carbocycles. The molecule has 158 valence electrons. The van der Waals surface area contributed by atoms with Crippen LogP contribution in [0.25, 0.3) is 12.2 Å². The van der Waals surface area contributed by atoms with Crippen molar-refractivity contribution in [3.05, 3.63) is 87.9 Å². The lowest BCUT2D eigenvalue weighted by Crippen LogP contribution is -2.07. The second-order valence-electron chi connectivity index (χ2n) is 7.38. The third-order valence-electron chi connectivity index (χ3n) is 5.19. The first kappa shape index (κ1) is 20.0. The minimum Gasteiger partial charge on any atom is -0.508 e. The number of benzene rings is 2. The Kier molecular flexibility index (Phi) is 5.17. The van der Waals surface area contributed by atoms with Crippen LogP contribution in [0.15, 0.2) is 60.3 Å². The van der Waals surface area contributed by atoms with Gasteiger partial charge in [-0.3, -0.25) is 4.79 Å². The first-order valence-corrected chi connectivity index (χ1v) is 10.4. The summed E-state index contributed by atoms with van der Waals surface area (Å²) in [7, 11) is 0. The first-order valence-electron chi connectivity index (χ1n) is 10.0. The van der Waals surface area contributed by atoms with Crippen LogP contribution < -0.4 is 10.6 Å². The lowest BCUT2D eigenvalue weighted by Gasteiger charge is -2.12. The molecule has 3 N–H and O–H groups in total. The van der Waals surface area contributed by atoms with Crippen LogP contribution in [-0.4, -0.2) is 25.8 Å². The fraction of sp³-hybridized carbons (Fsp3) is 0.0833. The number of carbonyl (C=O) groups is 1. The number of nitrogens with one attached hydrogen (secondary N) is 2. The van der Waals surface area contributed by atoms with Gasteiger partial charge in [0.25, 0.3) is 0 Å². The van der Waals surface area contributed by atoms with Crippen molar-refractivity contribution < 1.29 is 9.90 Å². The first-order chi connectivity index (χ1) is 15.5. The van der Waals surface area contributed by atoms with Gasteiger partial charge in [0.15, 0.2) is 5.78 Å². The van der Waals surface area contributed by atoms with Crippen LogP contribution >= 0.6 is 11.6 Å². The molecule has 0 aliphatic heterocycles. The van der Waals surface area contributed by atoms with Crippen LogP contribution in [0.1, 0.15) is 33.5 Å². The van der Waals surface area contributed by atoms with Crippen LogP contribution in [0.2, 0.25) is 5.28 Å². The van der Waals surface area contributed by atoms with E-state index in [-0.39, 0.29) is 28.7 Å². The summed E-state index contributed by atoms with van der Waals surface area (Å²) in [5, 5.41) is 16.4. The topological polar surface area (TPSA) is 100 Å². The van der Waals surface area contributed by atoms with Gasteiger partial charge >= 0.3 is 0 Å². The van der Waals surface area contributed by atoms with Gasteiger partial charge in [0.2, 0.25) is 17.2 Å². The maximum atomic E-state index is 12.0. The Hall–Kier alpha value is -3.97. The smallest absolute Gasteiger partial charge is 0.233 e. The molecule has 5 rings (SSSR count). The number of halogens is 1. The zero-order valence-electron chi connectivity index (χ0n) is 16.8. The molecular weight excluding hydrogens is 426 g/mol. The van der Waals surface area contributed by atoms with Crippen LogP contribution in [0.3, 0.4) is 0 Å². The summed E-state index contributed by atoms with van der Waals surface area (Å²) in [6.45, 7) is 0. The SMILES string of the molecule is O=C1CC=Cc2cc(Nc3nc(Cl)nc(NC4=Cc5cccc(O)c5CC=C4)n3)ccc21. The molecular formula is C24H18ClN5O2. The van der Waals surface area contributed by atoms with Gasteiger partial charge in [-0.25, -0.2) is 0 Å². The molecule has 0 atom stereocenters. The molecule has 0 saturated heterocycles. The van der Waals surface area contributed by atoms with Crippen LogP contribution in [-0.2, 0) is 6.42 Å². The minimum absolute atomic E-state index is 0.0364. The van der Waals surface area contributed by atoms with Crippen molar-refractivity contribution >= 4 is 47.1 Å². The number of hydrogen-bond donors (Lipinski definition) is 3. The van der Waals surface area contributed by atoms with E-state index in [2.05, 4.69) is 25.6 Å². The summed E-state index contributed by atoms with van der Waals surface area (Å²) in [6, 6.07) is 10.9. The molecule has 0 fully saturated rings. The van der Waals surface area contributed by atoms with Crippen molar-refractivity contribution in [2.24, 2.45) is 0 Å². The van der Waals surface area contributed by atoms with E-state index in [0.717, 1.165) is 28.1 Å². The van der Waals surface area contributed by atoms with Gasteiger partial charge in [-0.05, 0) is 65.6 Å². The van der Waals surface area contributed by atoms with E-state index < -0.39 is 0 Å². The van der Waals surface area contributed by atoms with Crippen molar-refractivity contribution in [3.8, 4) is 5.75 Å². The molecule has 0 saturated carbocycles. The zero-order chi connectivity index (χ0) is 22.1. The highest BCUT2D eigenvalue weighted by molar-refractivity contribution is 6.28. The third kappa shape index (κ3) is 4.10. The Balaban J connectivity index is 1.40. The summed E-state index contributed by atoms with van der Waals surface area (Å²) in [4.78, 5) is 24.7. The molecule has 2 aliphatic rings. The number of fused-ring (bicyclic) bond motifs is 2. The molecule has 7 nitrogen and oxygen atoms in total. The van der Waals surface area contributed by atoms with E-state index in [1.165, 1.54) is 0 Å². The highest BCUT2D eigenvalue weighted by Gasteiger charge is 2.14. The highest BCUT2D eigenvalue weighted by atomic mass is 35.5. The molecule has 2 aliphatic carbocycles. The number of nitrogens with zero attached hydrogens (tertiary/aromatic N) is 3. The van der Waals surface area contributed by atoms with Gasteiger partial charge in [0, 0.05) is 28.9 Å². The highest BCUT2D eigenvalue weighted by Crippen LogP contribution is 2.28. The molecule has 8 heteroatoms. The predicted octanol–water partition coefficient (Wildman–Crippen LogP) is 5.14. The maximum absolute atomic E-state index is 12.0. The summed E-state index contributed by atoms with van der Waals surface area (Å²) < 4.78 is 0. The number of carbonyl (C=O) groups excluding carboxylic acids is 1. The van der Waals surface area contributed by atoms with Crippen molar-refractivity contribution in [2.75, 3.05) is 10.6 Å². The monoisotopic (exact) mass is 443 g/mol. The van der Waals surface area contributed by atoms with Gasteiger partial charge in [-0.15, -0.1) is 0 Å². The third-order valence-corrected chi connectivity index (χ3v) is 5.36. The van der Waals surface area contributed by atoms with Crippen molar-refractivity contribution in [1.29, 1.82) is 0 Å². The fourth-order valence-electron chi connectivity index (χ4n) is 3.70. The summed E-state index contributed by atoms with van der Waals surface area (Å²) >= 11 is 6.13. The molecule has 1 aromatic heterocycles. The number of hydrogen-bond acceptors (Lipinski definition) is 7. The number of rotatable bonds is 4. The van der Waals surface area contributed by atoms with Gasteiger partial charge < -0.3 is 15.7 Å². The molecule has 0 radical (unpaired) electrons. The van der Waals surface area contributed by atoms with E-state index in [0.29, 0.717) is 18.4 Å². The van der Waals surface area contributed by atoms with E-state index in [1.807, 2.05) is 42.5 Å². The zero-order valence-corrected chi connectivity index (χ0v) is 17.6. The number of anilines is 3. The van der Waals surface area contributed by atoms with E-state index in [9.17, 15) is 9.90 Å². The van der Waals surface area contributed by atoms with Crippen molar-refractivity contribution in [3.63, 3.8) is 0 Å². The van der Waals surface area contributed by atoms with Crippen LogP contribution in [0.4, 0.5) is 17.6 Å². The van der Waals surface area contributed by atoms with Gasteiger partial charge in [0.05, 0.1) is 0 Å². The van der Waals surface area contributed by atoms with E-state index in [4.69, 9.17) is 11.6 Å². The summed E-state index contributed by atoms with van der Waals surface area (Å²) in [5.74, 6) is 0.916. The fourth-order valence-corrected chi connectivity index (χ4v) is 3.86. The Morgan fingerprint density at radius 1 is 0.906 bits per heavy atom. The molecule has 0 amide bonds. The number of phenols is 1. The van der Waals surface area contributed by atoms with Gasteiger partial charge in [0.1, 0.15) is 5.75 Å². The molecule has 1 heterocycles. The molecule has 32 heavy (non-hydrogen) atoms. The second-order valence-corrected chi connectivity index (χ2v) is 7.72. The number of aromatic nitrogens is 3. The van der Waals surface area contributed by atoms with Gasteiger partial charge in [-0.2, -0.15) is 15.0 Å². The van der Waals surface area contributed by atoms with Crippen LogP contribution in [0, 0.1) is 0 Å². The van der Waals surface area contributed by atoms with E-state index in [1.54, 1.807) is 24.3 Å². The second kappa shape index (κ2) is 8.28. The molecule has 0 bridgehead atoms. The van der Waals surface area contributed by atoms with E-state index >= 15 is 0 Å². The Morgan fingerprint density at radius 2 is 1.72 bits per heavy atom. The molecule has 0 spiro atoms. The standard InChI is InChI=1S/C24H18ClN5O2/c25-22-28-23(26-16-6-3-7-18-14(12-16)4-1-8-20(18)31)30-24(29-22)27-17-10-11-19-15(13-17)5-2-9-21(19)32/h1-6,8,10-13,31H,7,9H2,(H2,26,27,28,29,30). The average molecular weight is 444 g/mol. The summed E-state index contributed by atoms with van der Waals surface area (Å²) in [5.41, 5.74) is 4.80. The minimum atomic E-state index is 0.0364. The number of Topliss-reactive ketones (excluding diaryl/α,β-unsaturated/α-hetero) is 1. The van der Waals surface area contributed by atoms with Crippen LogP contribution in [0.5, 0.6) is 5.75 Å². The number of ketones is 1. The Labute approximate surface area is 189 Å². The quantitative estimate of drug-likeness (QED) is 0.513. The number of phenolic OH excluding ortho intramolecular Hbond substituents is 1. The normalized spacial score (nSPS) is 14.3. The number of aromatic hydroxyl groups is 1. The molecule has 0 unspecified atom stereocenters. The van der Waals surface area contributed by atoms with Crippen molar-refractivity contribution in [1.82, 2.24) is 15.0 Å². The van der Waals surface area contributed by atoms with Gasteiger partial charge in [-0.1, -0.05) is 30.4 Å². The maximum Gasteiger partial charge on any atom is 0.233 e. The average Bonchev–Trinajstić information content (AvgIpc) is 2.96.